The van der Waals surface area contributed by atoms with Crippen molar-refractivity contribution in [2.45, 2.75) is 45.1 Å². The van der Waals surface area contributed by atoms with E-state index in [0.29, 0.717) is 6.54 Å². The summed E-state index contributed by atoms with van der Waals surface area (Å²) in [6.45, 7) is 2.70. The van der Waals surface area contributed by atoms with E-state index in [4.69, 9.17) is 10.8 Å². The number of amides is 1. The van der Waals surface area contributed by atoms with Gasteiger partial charge in [-0.2, -0.15) is 0 Å². The average Bonchev–Trinajstić information content (AvgIpc) is 2.20. The van der Waals surface area contributed by atoms with Gasteiger partial charge in [-0.15, -0.1) is 0 Å². The molecule has 0 spiro atoms. The largest absolute Gasteiger partial charge is 0.481 e. The Morgan fingerprint density at radius 1 is 1.40 bits per heavy atom. The Kier molecular flexibility index (Phi) is 7.62. The van der Waals surface area contributed by atoms with Gasteiger partial charge >= 0.3 is 5.97 Å². The molecule has 0 fully saturated rings. The third-order valence-corrected chi connectivity index (χ3v) is 2.09. The first-order chi connectivity index (χ1) is 7.07. The number of rotatable bonds is 8. The second-order valence-electron chi connectivity index (χ2n) is 3.54. The smallest absolute Gasteiger partial charge is 0.303 e. The topological polar surface area (TPSA) is 92.4 Å². The molecule has 0 aromatic rings. The van der Waals surface area contributed by atoms with Gasteiger partial charge in [0.1, 0.15) is 0 Å². The lowest BCUT2D eigenvalue weighted by atomic mass is 10.1. The van der Waals surface area contributed by atoms with E-state index in [1.165, 1.54) is 0 Å². The zero-order valence-corrected chi connectivity index (χ0v) is 9.16. The normalized spacial score (nSPS) is 12.1. The quantitative estimate of drug-likeness (QED) is 0.515. The van der Waals surface area contributed by atoms with Crippen molar-refractivity contribution in [3.63, 3.8) is 0 Å². The maximum absolute atomic E-state index is 11.3. The summed E-state index contributed by atoms with van der Waals surface area (Å²) in [5.74, 6) is -1.18. The Morgan fingerprint density at radius 3 is 2.60 bits per heavy atom. The van der Waals surface area contributed by atoms with E-state index >= 15 is 0 Å². The van der Waals surface area contributed by atoms with Gasteiger partial charge in [-0.25, -0.2) is 0 Å². The van der Waals surface area contributed by atoms with E-state index in [1.807, 2.05) is 0 Å². The molecule has 0 radical (unpaired) electrons. The predicted molar refractivity (Wildman–Crippen MR) is 57.4 cm³/mol. The number of hydrogen-bond donors (Lipinski definition) is 3. The van der Waals surface area contributed by atoms with E-state index < -0.39 is 12.0 Å². The molecular formula is C10H20N2O3. The van der Waals surface area contributed by atoms with Crippen LogP contribution in [-0.2, 0) is 9.59 Å². The molecule has 0 saturated carbocycles. The maximum atomic E-state index is 11.3. The fraction of sp³-hybridized carbons (Fsp3) is 0.800. The van der Waals surface area contributed by atoms with Gasteiger partial charge in [0, 0.05) is 13.0 Å². The molecule has 0 rings (SSSR count). The van der Waals surface area contributed by atoms with Crippen LogP contribution >= 0.6 is 0 Å². The van der Waals surface area contributed by atoms with Crippen LogP contribution in [0.3, 0.4) is 0 Å². The first kappa shape index (κ1) is 13.9. The van der Waals surface area contributed by atoms with E-state index in [-0.39, 0.29) is 18.7 Å². The minimum atomic E-state index is -0.927. The Morgan fingerprint density at radius 2 is 2.07 bits per heavy atom. The molecule has 88 valence electrons. The van der Waals surface area contributed by atoms with Gasteiger partial charge in [0.25, 0.3) is 0 Å². The van der Waals surface area contributed by atoms with E-state index in [9.17, 15) is 9.59 Å². The fourth-order valence-corrected chi connectivity index (χ4v) is 1.13. The monoisotopic (exact) mass is 216 g/mol. The highest BCUT2D eigenvalue weighted by Crippen LogP contribution is 1.96. The van der Waals surface area contributed by atoms with Crippen LogP contribution in [0.4, 0.5) is 0 Å². The third-order valence-electron chi connectivity index (χ3n) is 2.09. The molecule has 15 heavy (non-hydrogen) atoms. The molecule has 5 heteroatoms. The van der Waals surface area contributed by atoms with Crippen molar-refractivity contribution in [3.05, 3.63) is 0 Å². The highest BCUT2D eigenvalue weighted by atomic mass is 16.4. The third kappa shape index (κ3) is 7.93. The van der Waals surface area contributed by atoms with Gasteiger partial charge in [-0.05, 0) is 12.8 Å². The molecular weight excluding hydrogens is 196 g/mol. The summed E-state index contributed by atoms with van der Waals surface area (Å²) in [6, 6.07) is -0.706. The summed E-state index contributed by atoms with van der Waals surface area (Å²) in [5, 5.41) is 11.1. The lowest BCUT2D eigenvalue weighted by Crippen LogP contribution is -2.41. The molecule has 0 unspecified atom stereocenters. The predicted octanol–water partition coefficient (Wildman–Crippen LogP) is 0.485. The van der Waals surface area contributed by atoms with Gasteiger partial charge in [-0.1, -0.05) is 19.8 Å². The molecule has 1 atom stereocenters. The van der Waals surface area contributed by atoms with Crippen LogP contribution in [0.5, 0.6) is 0 Å². The molecule has 0 aliphatic rings. The van der Waals surface area contributed by atoms with Crippen molar-refractivity contribution < 1.29 is 14.7 Å². The van der Waals surface area contributed by atoms with Crippen LogP contribution in [0.2, 0.25) is 0 Å². The van der Waals surface area contributed by atoms with E-state index in [1.54, 1.807) is 0 Å². The molecule has 0 saturated heterocycles. The second kappa shape index (κ2) is 8.23. The minimum absolute atomic E-state index is 0.0659. The second-order valence-corrected chi connectivity index (χ2v) is 3.54. The number of nitrogens with two attached hydrogens (primary N) is 1. The summed E-state index contributed by atoms with van der Waals surface area (Å²) < 4.78 is 0. The molecule has 1 amide bonds. The van der Waals surface area contributed by atoms with Crippen molar-refractivity contribution >= 4 is 11.9 Å². The molecule has 0 aliphatic heterocycles. The van der Waals surface area contributed by atoms with Gasteiger partial charge in [0.2, 0.25) is 5.91 Å². The molecule has 0 aromatic carbocycles. The van der Waals surface area contributed by atoms with Crippen LogP contribution < -0.4 is 11.1 Å². The Balaban J connectivity index is 3.55. The van der Waals surface area contributed by atoms with Crippen molar-refractivity contribution in [3.8, 4) is 0 Å². The fourth-order valence-electron chi connectivity index (χ4n) is 1.13. The number of unbranched alkanes of at least 4 members (excludes halogenated alkanes) is 2. The van der Waals surface area contributed by atoms with Gasteiger partial charge in [0.15, 0.2) is 0 Å². The molecule has 0 bridgehead atoms. The highest BCUT2D eigenvalue weighted by molar-refractivity contribution is 5.82. The lowest BCUT2D eigenvalue weighted by molar-refractivity contribution is -0.137. The van der Waals surface area contributed by atoms with Crippen molar-refractivity contribution in [1.29, 1.82) is 0 Å². The highest BCUT2D eigenvalue weighted by Gasteiger charge is 2.13. The van der Waals surface area contributed by atoms with Crippen LogP contribution in [0.1, 0.15) is 39.0 Å². The number of hydrogen-bond acceptors (Lipinski definition) is 3. The average molecular weight is 216 g/mol. The van der Waals surface area contributed by atoms with Crippen molar-refractivity contribution in [1.82, 2.24) is 5.32 Å². The number of aliphatic carboxylic acids is 1. The summed E-state index contributed by atoms with van der Waals surface area (Å²) >= 11 is 0. The first-order valence-electron chi connectivity index (χ1n) is 5.33. The van der Waals surface area contributed by atoms with E-state index in [0.717, 1.165) is 19.3 Å². The summed E-state index contributed by atoms with van der Waals surface area (Å²) in [7, 11) is 0. The first-order valence-corrected chi connectivity index (χ1v) is 5.33. The zero-order chi connectivity index (χ0) is 11.7. The number of carboxylic acids is 1. The van der Waals surface area contributed by atoms with Crippen LogP contribution in [-0.4, -0.2) is 29.6 Å². The number of nitrogens with one attached hydrogen (secondary N) is 1. The molecule has 5 nitrogen and oxygen atoms in total. The molecule has 0 heterocycles. The number of carbonyl (C=O) groups excluding carboxylic acids is 1. The van der Waals surface area contributed by atoms with Crippen molar-refractivity contribution in [2.75, 3.05) is 6.54 Å². The molecule has 4 N–H and O–H groups in total. The van der Waals surface area contributed by atoms with Gasteiger partial charge in [0.05, 0.1) is 6.04 Å². The Bertz CT molecular complexity index is 207. The lowest BCUT2D eigenvalue weighted by Gasteiger charge is -2.10. The van der Waals surface area contributed by atoms with Crippen molar-refractivity contribution in [2.24, 2.45) is 5.73 Å². The number of carboxylic acid groups (broad SMARTS) is 1. The summed E-state index contributed by atoms with van der Waals surface area (Å²) in [5.41, 5.74) is 5.50. The van der Waals surface area contributed by atoms with Crippen LogP contribution in [0.25, 0.3) is 0 Å². The summed E-state index contributed by atoms with van der Waals surface area (Å²) in [4.78, 5) is 21.5. The molecule has 0 aliphatic carbocycles. The number of carbonyl (C=O) groups is 2. The van der Waals surface area contributed by atoms with Crippen LogP contribution in [0.15, 0.2) is 0 Å². The Hall–Kier alpha value is -1.10. The maximum Gasteiger partial charge on any atom is 0.303 e. The standard InChI is InChI=1S/C10H20N2O3/c1-2-3-4-7-12-10(15)8(11)5-6-9(13)14/h8H,2-7,11H2,1H3,(H,12,15)(H,13,14)/t8-/m1/s1. The SMILES string of the molecule is CCCCCNC(=O)[C@H](N)CCC(=O)O. The zero-order valence-electron chi connectivity index (χ0n) is 9.16. The summed E-state index contributed by atoms with van der Waals surface area (Å²) in [6.07, 6.45) is 3.23. The van der Waals surface area contributed by atoms with E-state index in [2.05, 4.69) is 12.2 Å². The van der Waals surface area contributed by atoms with Crippen LogP contribution in [0, 0.1) is 0 Å². The van der Waals surface area contributed by atoms with Gasteiger partial charge < -0.3 is 16.2 Å². The molecule has 0 aromatic heterocycles. The minimum Gasteiger partial charge on any atom is -0.481 e. The Labute approximate surface area is 90.0 Å². The van der Waals surface area contributed by atoms with Gasteiger partial charge in [-0.3, -0.25) is 9.59 Å².